The minimum absolute atomic E-state index is 0.265. The maximum atomic E-state index is 5.94. The molecule has 132 valence electrons. The van der Waals surface area contributed by atoms with Crippen LogP contribution in [0.4, 0.5) is 0 Å². The number of rotatable bonds is 5. The highest BCUT2D eigenvalue weighted by atomic mass is 16.7. The van der Waals surface area contributed by atoms with E-state index in [1.807, 2.05) is 30.3 Å². The normalized spacial score (nSPS) is 21.7. The van der Waals surface area contributed by atoms with Crippen LogP contribution < -0.4 is 4.74 Å². The van der Waals surface area contributed by atoms with Crippen LogP contribution in [-0.4, -0.2) is 49.8 Å². The molecule has 3 heterocycles. The van der Waals surface area contributed by atoms with Crippen LogP contribution in [0.15, 0.2) is 42.5 Å². The SMILES string of the molecule is CN1CC[C@H](COc2cccc(-c3cccc(C4OCCO4)c3)n2)C1. The number of pyridine rings is 1. The van der Waals surface area contributed by atoms with Gasteiger partial charge in [0.1, 0.15) is 0 Å². The molecular weight excluding hydrogens is 316 g/mol. The van der Waals surface area contributed by atoms with Crippen molar-refractivity contribution in [3.8, 4) is 17.1 Å². The van der Waals surface area contributed by atoms with E-state index in [1.165, 1.54) is 6.42 Å². The first-order valence-corrected chi connectivity index (χ1v) is 8.90. The Morgan fingerprint density at radius 1 is 1.16 bits per heavy atom. The lowest BCUT2D eigenvalue weighted by Gasteiger charge is -2.13. The standard InChI is InChI=1S/C20H24N2O3/c1-22-9-8-15(13-22)14-25-19-7-3-6-18(21-19)16-4-2-5-17(12-16)20-23-10-11-24-20/h2-7,12,15,20H,8-11,13-14H2,1H3/t15-/m0/s1. The maximum absolute atomic E-state index is 5.94. The first kappa shape index (κ1) is 16.5. The van der Waals surface area contributed by atoms with Crippen LogP contribution in [0, 0.1) is 5.92 Å². The summed E-state index contributed by atoms with van der Waals surface area (Å²) in [5.74, 6) is 1.28. The molecular formula is C20H24N2O3. The summed E-state index contributed by atoms with van der Waals surface area (Å²) in [5.41, 5.74) is 2.97. The molecule has 2 aliphatic heterocycles. The van der Waals surface area contributed by atoms with Gasteiger partial charge in [-0.1, -0.05) is 24.3 Å². The van der Waals surface area contributed by atoms with Crippen LogP contribution in [0.1, 0.15) is 18.3 Å². The van der Waals surface area contributed by atoms with Crippen LogP contribution in [0.5, 0.6) is 5.88 Å². The Balaban J connectivity index is 1.46. The molecule has 5 nitrogen and oxygen atoms in total. The molecule has 1 atom stereocenters. The second kappa shape index (κ2) is 7.52. The summed E-state index contributed by atoms with van der Waals surface area (Å²) in [6.45, 7) is 4.27. The van der Waals surface area contributed by atoms with E-state index in [4.69, 9.17) is 14.2 Å². The molecule has 0 unspecified atom stereocenters. The van der Waals surface area contributed by atoms with E-state index in [9.17, 15) is 0 Å². The Kier molecular flexibility index (Phi) is 4.97. The Labute approximate surface area is 148 Å². The number of nitrogens with zero attached hydrogens (tertiary/aromatic N) is 2. The van der Waals surface area contributed by atoms with Crippen LogP contribution in [0.2, 0.25) is 0 Å². The summed E-state index contributed by atoms with van der Waals surface area (Å²) in [7, 11) is 2.16. The third-order valence-electron chi connectivity index (χ3n) is 4.76. The van der Waals surface area contributed by atoms with Crippen molar-refractivity contribution in [2.45, 2.75) is 12.7 Å². The summed E-state index contributed by atoms with van der Waals surface area (Å²) < 4.78 is 17.1. The van der Waals surface area contributed by atoms with Gasteiger partial charge in [-0.15, -0.1) is 0 Å². The fourth-order valence-corrected chi connectivity index (χ4v) is 3.42. The van der Waals surface area contributed by atoms with E-state index in [2.05, 4.69) is 29.1 Å². The van der Waals surface area contributed by atoms with Crippen molar-refractivity contribution in [1.82, 2.24) is 9.88 Å². The molecule has 4 rings (SSSR count). The van der Waals surface area contributed by atoms with E-state index < -0.39 is 0 Å². The number of likely N-dealkylation sites (tertiary alicyclic amines) is 1. The fourth-order valence-electron chi connectivity index (χ4n) is 3.42. The zero-order valence-electron chi connectivity index (χ0n) is 14.6. The third-order valence-corrected chi connectivity index (χ3v) is 4.76. The lowest BCUT2D eigenvalue weighted by atomic mass is 10.1. The Morgan fingerprint density at radius 3 is 2.80 bits per heavy atom. The van der Waals surface area contributed by atoms with Crippen LogP contribution >= 0.6 is 0 Å². The van der Waals surface area contributed by atoms with Gasteiger partial charge in [0.2, 0.25) is 5.88 Å². The number of ether oxygens (including phenoxy) is 3. The van der Waals surface area contributed by atoms with E-state index >= 15 is 0 Å². The van der Waals surface area contributed by atoms with Gasteiger partial charge in [0.15, 0.2) is 6.29 Å². The lowest BCUT2D eigenvalue weighted by Crippen LogP contribution is -2.18. The molecule has 2 aromatic rings. The summed E-state index contributed by atoms with van der Waals surface area (Å²) in [6, 6.07) is 14.1. The molecule has 2 fully saturated rings. The molecule has 5 heteroatoms. The summed E-state index contributed by atoms with van der Waals surface area (Å²) in [6.07, 6.45) is 0.929. The molecule has 25 heavy (non-hydrogen) atoms. The zero-order valence-corrected chi connectivity index (χ0v) is 14.6. The van der Waals surface area contributed by atoms with Crippen LogP contribution in [0.3, 0.4) is 0 Å². The third kappa shape index (κ3) is 4.00. The van der Waals surface area contributed by atoms with Crippen molar-refractivity contribution in [2.75, 3.05) is 40.0 Å². The summed E-state index contributed by atoms with van der Waals surface area (Å²) >= 11 is 0. The molecule has 2 saturated heterocycles. The van der Waals surface area contributed by atoms with Crippen LogP contribution in [0.25, 0.3) is 11.3 Å². The topological polar surface area (TPSA) is 43.8 Å². The Morgan fingerprint density at radius 2 is 2.00 bits per heavy atom. The lowest BCUT2D eigenvalue weighted by molar-refractivity contribution is -0.0440. The molecule has 1 aromatic carbocycles. The number of aromatic nitrogens is 1. The number of benzene rings is 1. The van der Waals surface area contributed by atoms with Gasteiger partial charge in [0.25, 0.3) is 0 Å². The van der Waals surface area contributed by atoms with Gasteiger partial charge in [-0.2, -0.15) is 0 Å². The molecule has 2 aliphatic rings. The predicted octanol–water partition coefficient (Wildman–Crippen LogP) is 3.12. The highest BCUT2D eigenvalue weighted by molar-refractivity contribution is 5.60. The van der Waals surface area contributed by atoms with E-state index in [0.717, 1.165) is 36.5 Å². The van der Waals surface area contributed by atoms with Crippen molar-refractivity contribution in [2.24, 2.45) is 5.92 Å². The van der Waals surface area contributed by atoms with Gasteiger partial charge in [0, 0.05) is 29.7 Å². The fraction of sp³-hybridized carbons (Fsp3) is 0.450. The van der Waals surface area contributed by atoms with Crippen molar-refractivity contribution in [3.63, 3.8) is 0 Å². The van der Waals surface area contributed by atoms with Crippen LogP contribution in [-0.2, 0) is 9.47 Å². The quantitative estimate of drug-likeness (QED) is 0.837. The molecule has 0 radical (unpaired) electrons. The number of hydrogen-bond acceptors (Lipinski definition) is 5. The zero-order chi connectivity index (χ0) is 17.1. The largest absolute Gasteiger partial charge is 0.477 e. The first-order valence-electron chi connectivity index (χ1n) is 8.90. The second-order valence-corrected chi connectivity index (χ2v) is 6.79. The second-order valence-electron chi connectivity index (χ2n) is 6.79. The highest BCUT2D eigenvalue weighted by Crippen LogP contribution is 2.28. The Bertz CT molecular complexity index is 716. The summed E-state index contributed by atoms with van der Waals surface area (Å²) in [4.78, 5) is 7.02. The highest BCUT2D eigenvalue weighted by Gasteiger charge is 2.20. The van der Waals surface area contributed by atoms with Crippen molar-refractivity contribution in [1.29, 1.82) is 0 Å². The van der Waals surface area contributed by atoms with Crippen molar-refractivity contribution in [3.05, 3.63) is 48.0 Å². The minimum atomic E-state index is -0.265. The van der Waals surface area contributed by atoms with E-state index in [0.29, 0.717) is 25.0 Å². The average Bonchev–Trinajstić information content (AvgIpc) is 3.32. The average molecular weight is 340 g/mol. The van der Waals surface area contributed by atoms with E-state index in [1.54, 1.807) is 0 Å². The van der Waals surface area contributed by atoms with Gasteiger partial charge in [-0.05, 0) is 32.1 Å². The molecule has 1 aromatic heterocycles. The Hall–Kier alpha value is -1.95. The maximum Gasteiger partial charge on any atom is 0.213 e. The van der Waals surface area contributed by atoms with Crippen molar-refractivity contribution < 1.29 is 14.2 Å². The smallest absolute Gasteiger partial charge is 0.213 e. The van der Waals surface area contributed by atoms with Gasteiger partial charge in [-0.3, -0.25) is 0 Å². The monoisotopic (exact) mass is 340 g/mol. The molecule has 0 spiro atoms. The molecule has 0 amide bonds. The molecule has 0 aliphatic carbocycles. The first-order chi connectivity index (χ1) is 12.3. The molecule has 0 N–H and O–H groups in total. The summed E-state index contributed by atoms with van der Waals surface area (Å²) in [5, 5.41) is 0. The predicted molar refractivity (Wildman–Crippen MR) is 95.4 cm³/mol. The van der Waals surface area contributed by atoms with Crippen molar-refractivity contribution >= 4 is 0 Å². The van der Waals surface area contributed by atoms with Gasteiger partial charge in [0.05, 0.1) is 25.5 Å². The minimum Gasteiger partial charge on any atom is -0.477 e. The molecule has 0 saturated carbocycles. The van der Waals surface area contributed by atoms with Gasteiger partial charge >= 0.3 is 0 Å². The molecule has 0 bridgehead atoms. The van der Waals surface area contributed by atoms with E-state index in [-0.39, 0.29) is 6.29 Å². The van der Waals surface area contributed by atoms with Gasteiger partial charge in [-0.25, -0.2) is 4.98 Å². The van der Waals surface area contributed by atoms with Gasteiger partial charge < -0.3 is 19.1 Å². The number of hydrogen-bond donors (Lipinski definition) is 0.